The van der Waals surface area contributed by atoms with Gasteiger partial charge < -0.3 is 10.2 Å². The van der Waals surface area contributed by atoms with Crippen LogP contribution >= 0.6 is 12.4 Å². The molecule has 0 spiro atoms. The van der Waals surface area contributed by atoms with Crippen LogP contribution in [0.5, 0.6) is 0 Å². The van der Waals surface area contributed by atoms with Gasteiger partial charge in [-0.25, -0.2) is 9.97 Å². The van der Waals surface area contributed by atoms with Crippen molar-refractivity contribution in [3.05, 3.63) is 78.4 Å². The molecule has 142 valence electrons. The Morgan fingerprint density at radius 3 is 2.29 bits per heavy atom. The highest BCUT2D eigenvalue weighted by atomic mass is 35.5. The molecule has 5 heteroatoms. The summed E-state index contributed by atoms with van der Waals surface area (Å²) in [6.45, 7) is 2.08. The molecule has 0 fully saturated rings. The summed E-state index contributed by atoms with van der Waals surface area (Å²) in [7, 11) is 4.07. The normalized spacial score (nSPS) is 10.4. The zero-order valence-corrected chi connectivity index (χ0v) is 17.0. The van der Waals surface area contributed by atoms with Gasteiger partial charge in [0.15, 0.2) is 5.82 Å². The van der Waals surface area contributed by atoms with Gasteiger partial charge in [-0.1, -0.05) is 35.9 Å². The number of aromatic nitrogens is 2. The molecule has 0 aliphatic carbocycles. The Bertz CT molecular complexity index is 1090. The van der Waals surface area contributed by atoms with Gasteiger partial charge in [-0.3, -0.25) is 0 Å². The lowest BCUT2D eigenvalue weighted by molar-refractivity contribution is 1.13. The largest absolute Gasteiger partial charge is 0.378 e. The fourth-order valence-electron chi connectivity index (χ4n) is 3.06. The second-order valence-corrected chi connectivity index (χ2v) is 6.85. The predicted octanol–water partition coefficient (Wildman–Crippen LogP) is 5.84. The van der Waals surface area contributed by atoms with E-state index in [9.17, 15) is 0 Å². The van der Waals surface area contributed by atoms with Crippen LogP contribution in [0.1, 0.15) is 5.56 Å². The first-order valence-corrected chi connectivity index (χ1v) is 8.98. The predicted molar refractivity (Wildman–Crippen MR) is 121 cm³/mol. The van der Waals surface area contributed by atoms with Crippen LogP contribution in [0.4, 0.5) is 17.2 Å². The third-order valence-corrected chi connectivity index (χ3v) is 4.53. The van der Waals surface area contributed by atoms with E-state index >= 15 is 0 Å². The maximum absolute atomic E-state index is 4.83. The summed E-state index contributed by atoms with van der Waals surface area (Å²) in [5, 5.41) is 4.47. The third kappa shape index (κ3) is 4.07. The fourth-order valence-corrected chi connectivity index (χ4v) is 3.06. The van der Waals surface area contributed by atoms with Crippen molar-refractivity contribution in [3.63, 3.8) is 0 Å². The van der Waals surface area contributed by atoms with Gasteiger partial charge in [0.05, 0.1) is 5.52 Å². The molecule has 4 rings (SSSR count). The molecule has 28 heavy (non-hydrogen) atoms. The average Bonchev–Trinajstić information content (AvgIpc) is 2.68. The van der Waals surface area contributed by atoms with Crippen molar-refractivity contribution in [1.82, 2.24) is 9.97 Å². The van der Waals surface area contributed by atoms with Crippen LogP contribution in [0.15, 0.2) is 72.8 Å². The molecule has 0 atom stereocenters. The van der Waals surface area contributed by atoms with Crippen molar-refractivity contribution >= 4 is 40.5 Å². The topological polar surface area (TPSA) is 41.1 Å². The number of anilines is 3. The number of halogens is 1. The standard InChI is InChI=1S/C23H22N4.ClH/c1-16-7-6-8-17(15-16)22-25-21-10-5-4-9-20(21)23(26-22)24-18-11-13-19(14-12-18)27(2)3;/h4-15H,1-3H3,(H,24,25,26);1H. The van der Waals surface area contributed by atoms with Crippen molar-refractivity contribution in [2.45, 2.75) is 6.92 Å². The fraction of sp³-hybridized carbons (Fsp3) is 0.130. The van der Waals surface area contributed by atoms with E-state index in [-0.39, 0.29) is 12.4 Å². The molecular formula is C23H23ClN4. The minimum atomic E-state index is 0. The van der Waals surface area contributed by atoms with Crippen LogP contribution < -0.4 is 10.2 Å². The molecule has 1 aromatic heterocycles. The number of nitrogens with zero attached hydrogens (tertiary/aromatic N) is 3. The number of hydrogen-bond donors (Lipinski definition) is 1. The minimum Gasteiger partial charge on any atom is -0.378 e. The summed E-state index contributed by atoms with van der Waals surface area (Å²) in [5.74, 6) is 1.54. The molecule has 0 aliphatic rings. The molecule has 0 bridgehead atoms. The Labute approximate surface area is 171 Å². The van der Waals surface area contributed by atoms with Crippen LogP contribution in [-0.2, 0) is 0 Å². The number of aryl methyl sites for hydroxylation is 1. The van der Waals surface area contributed by atoms with E-state index in [1.54, 1.807) is 0 Å². The Morgan fingerprint density at radius 1 is 0.821 bits per heavy atom. The van der Waals surface area contributed by atoms with Gasteiger partial charge in [0.1, 0.15) is 5.82 Å². The minimum absolute atomic E-state index is 0. The van der Waals surface area contributed by atoms with Gasteiger partial charge in [0, 0.05) is 36.4 Å². The molecule has 0 radical (unpaired) electrons. The highest BCUT2D eigenvalue weighted by Crippen LogP contribution is 2.28. The van der Waals surface area contributed by atoms with E-state index in [0.29, 0.717) is 0 Å². The molecule has 0 saturated carbocycles. The van der Waals surface area contributed by atoms with Crippen LogP contribution in [-0.4, -0.2) is 24.1 Å². The van der Waals surface area contributed by atoms with Crippen molar-refractivity contribution in [1.29, 1.82) is 0 Å². The Kier molecular flexibility index (Phi) is 5.81. The smallest absolute Gasteiger partial charge is 0.162 e. The third-order valence-electron chi connectivity index (χ3n) is 4.53. The first kappa shape index (κ1) is 19.6. The average molecular weight is 391 g/mol. The van der Waals surface area contributed by atoms with Gasteiger partial charge in [0.25, 0.3) is 0 Å². The molecule has 0 unspecified atom stereocenters. The van der Waals surface area contributed by atoms with E-state index in [0.717, 1.165) is 39.5 Å². The molecule has 4 nitrogen and oxygen atoms in total. The number of nitrogens with one attached hydrogen (secondary N) is 1. The molecular weight excluding hydrogens is 368 g/mol. The van der Waals surface area contributed by atoms with Crippen molar-refractivity contribution in [3.8, 4) is 11.4 Å². The van der Waals surface area contributed by atoms with Gasteiger partial charge in [-0.05, 0) is 49.4 Å². The van der Waals surface area contributed by atoms with E-state index in [2.05, 4.69) is 53.5 Å². The van der Waals surface area contributed by atoms with Gasteiger partial charge in [0.2, 0.25) is 0 Å². The number of rotatable bonds is 4. The summed E-state index contributed by atoms with van der Waals surface area (Å²) in [6, 6.07) is 24.7. The van der Waals surface area contributed by atoms with E-state index in [1.165, 1.54) is 5.56 Å². The van der Waals surface area contributed by atoms with Crippen molar-refractivity contribution < 1.29 is 0 Å². The highest BCUT2D eigenvalue weighted by molar-refractivity contribution is 5.92. The first-order chi connectivity index (χ1) is 13.1. The summed E-state index contributed by atoms with van der Waals surface area (Å²) in [4.78, 5) is 11.7. The summed E-state index contributed by atoms with van der Waals surface area (Å²) in [6.07, 6.45) is 0. The number of fused-ring (bicyclic) bond motifs is 1. The quantitative estimate of drug-likeness (QED) is 0.475. The number of hydrogen-bond acceptors (Lipinski definition) is 4. The molecule has 3 aromatic carbocycles. The molecule has 0 aliphatic heterocycles. The van der Waals surface area contributed by atoms with Gasteiger partial charge >= 0.3 is 0 Å². The summed E-state index contributed by atoms with van der Waals surface area (Å²) >= 11 is 0. The second kappa shape index (κ2) is 8.28. The molecule has 0 saturated heterocycles. The lowest BCUT2D eigenvalue weighted by atomic mass is 10.1. The maximum Gasteiger partial charge on any atom is 0.162 e. The lowest BCUT2D eigenvalue weighted by Crippen LogP contribution is -2.08. The summed E-state index contributed by atoms with van der Waals surface area (Å²) < 4.78 is 0. The van der Waals surface area contributed by atoms with Crippen LogP contribution in [0, 0.1) is 6.92 Å². The van der Waals surface area contributed by atoms with Crippen LogP contribution in [0.2, 0.25) is 0 Å². The van der Waals surface area contributed by atoms with Crippen LogP contribution in [0.25, 0.3) is 22.3 Å². The zero-order chi connectivity index (χ0) is 18.8. The number of para-hydroxylation sites is 1. The monoisotopic (exact) mass is 390 g/mol. The lowest BCUT2D eigenvalue weighted by Gasteiger charge is -2.14. The Balaban J connectivity index is 0.00000225. The zero-order valence-electron chi connectivity index (χ0n) is 16.2. The molecule has 4 aromatic rings. The molecule has 0 amide bonds. The highest BCUT2D eigenvalue weighted by Gasteiger charge is 2.10. The number of benzene rings is 3. The molecule has 1 heterocycles. The Hall–Kier alpha value is -3.11. The van der Waals surface area contributed by atoms with Gasteiger partial charge in [-0.2, -0.15) is 0 Å². The van der Waals surface area contributed by atoms with E-state index in [1.807, 2.05) is 50.5 Å². The van der Waals surface area contributed by atoms with Crippen molar-refractivity contribution in [2.24, 2.45) is 0 Å². The van der Waals surface area contributed by atoms with E-state index < -0.39 is 0 Å². The van der Waals surface area contributed by atoms with Crippen LogP contribution in [0.3, 0.4) is 0 Å². The second-order valence-electron chi connectivity index (χ2n) is 6.85. The first-order valence-electron chi connectivity index (χ1n) is 8.98. The molecule has 1 N–H and O–H groups in total. The SMILES string of the molecule is Cc1cccc(-c2nc(Nc3ccc(N(C)C)cc3)c3ccccc3n2)c1.Cl. The Morgan fingerprint density at radius 2 is 1.57 bits per heavy atom. The summed E-state index contributed by atoms with van der Waals surface area (Å²) in [5.41, 5.74) is 5.30. The maximum atomic E-state index is 4.83. The van der Waals surface area contributed by atoms with Crippen molar-refractivity contribution in [2.75, 3.05) is 24.3 Å². The van der Waals surface area contributed by atoms with E-state index in [4.69, 9.17) is 9.97 Å². The van der Waals surface area contributed by atoms with Gasteiger partial charge in [-0.15, -0.1) is 12.4 Å².